The normalized spacial score (nSPS) is 21.5. The smallest absolute Gasteiger partial charge is 0.328 e. The summed E-state index contributed by atoms with van der Waals surface area (Å²) >= 11 is 0. The zero-order valence-corrected chi connectivity index (χ0v) is 16.4. The summed E-state index contributed by atoms with van der Waals surface area (Å²) in [5, 5.41) is 31.9. The van der Waals surface area contributed by atoms with Crippen LogP contribution in [-0.2, 0) is 9.59 Å². The van der Waals surface area contributed by atoms with Gasteiger partial charge in [-0.25, -0.2) is 9.59 Å². The first-order valence-electron chi connectivity index (χ1n) is 9.38. The maximum Gasteiger partial charge on any atom is 0.328 e. The third kappa shape index (κ3) is 3.20. The van der Waals surface area contributed by atoms with Gasteiger partial charge in [-0.1, -0.05) is 36.4 Å². The van der Waals surface area contributed by atoms with Gasteiger partial charge >= 0.3 is 12.1 Å². The number of nitrogens with one attached hydrogen (secondary N) is 4. The van der Waals surface area contributed by atoms with E-state index in [4.69, 9.17) is 0 Å². The lowest BCUT2D eigenvalue weighted by Crippen LogP contribution is -2.73. The lowest BCUT2D eigenvalue weighted by molar-refractivity contribution is -0.386. The lowest BCUT2D eigenvalue weighted by atomic mass is 9.65. The van der Waals surface area contributed by atoms with Crippen molar-refractivity contribution in [3.8, 4) is 0 Å². The fourth-order valence-electron chi connectivity index (χ4n) is 4.21. The van der Waals surface area contributed by atoms with Gasteiger partial charge in [-0.2, -0.15) is 0 Å². The highest BCUT2D eigenvalue weighted by Crippen LogP contribution is 2.51. The maximum absolute atomic E-state index is 13.3. The third-order valence-corrected chi connectivity index (χ3v) is 5.56. The second-order valence-electron chi connectivity index (χ2n) is 7.22. The SMILES string of the molecule is O=C1NC(=O)C2(C(=O)N1)[C@@H](c1ccccc1[N+](=O)[O-])NC(=O)N[C@@H]2c1ccccc1[N+](=O)[O-]. The van der Waals surface area contributed by atoms with Crippen LogP contribution in [0.2, 0.25) is 0 Å². The molecule has 2 aromatic rings. The molecule has 6 amide bonds. The Morgan fingerprint density at radius 1 is 0.667 bits per heavy atom. The highest BCUT2D eigenvalue weighted by molar-refractivity contribution is 6.21. The van der Waals surface area contributed by atoms with E-state index in [9.17, 15) is 39.4 Å². The van der Waals surface area contributed by atoms with Gasteiger partial charge in [0.2, 0.25) is 11.8 Å². The van der Waals surface area contributed by atoms with E-state index >= 15 is 0 Å². The number of hydrogen-bond acceptors (Lipinski definition) is 8. The van der Waals surface area contributed by atoms with E-state index in [2.05, 4.69) is 10.6 Å². The Kier molecular flexibility index (Phi) is 4.96. The van der Waals surface area contributed by atoms with Crippen LogP contribution in [0.4, 0.5) is 21.0 Å². The molecule has 2 fully saturated rings. The Hall–Kier alpha value is -4.88. The number of nitro benzene ring substituents is 2. The van der Waals surface area contributed by atoms with Crippen LogP contribution < -0.4 is 21.3 Å². The Morgan fingerprint density at radius 2 is 1.06 bits per heavy atom. The fraction of sp³-hybridized carbons (Fsp3) is 0.158. The van der Waals surface area contributed by atoms with Crippen LogP contribution in [0.15, 0.2) is 48.5 Å². The van der Waals surface area contributed by atoms with Crippen molar-refractivity contribution in [2.75, 3.05) is 0 Å². The van der Waals surface area contributed by atoms with Crippen molar-refractivity contribution in [1.82, 2.24) is 21.3 Å². The monoisotopic (exact) mass is 454 g/mol. The number of rotatable bonds is 4. The molecule has 14 heteroatoms. The number of urea groups is 2. The lowest BCUT2D eigenvalue weighted by Gasteiger charge is -2.48. The van der Waals surface area contributed by atoms with Crippen LogP contribution >= 0.6 is 0 Å². The molecule has 2 aromatic carbocycles. The van der Waals surface area contributed by atoms with Gasteiger partial charge in [-0.3, -0.25) is 40.5 Å². The van der Waals surface area contributed by atoms with E-state index in [0.717, 1.165) is 12.1 Å². The van der Waals surface area contributed by atoms with Gasteiger partial charge in [0.15, 0.2) is 5.41 Å². The predicted molar refractivity (Wildman–Crippen MR) is 107 cm³/mol. The van der Waals surface area contributed by atoms with Crippen molar-refractivity contribution in [3.63, 3.8) is 0 Å². The first-order valence-corrected chi connectivity index (χ1v) is 9.38. The van der Waals surface area contributed by atoms with Crippen molar-refractivity contribution in [1.29, 1.82) is 0 Å². The largest absolute Gasteiger partial charge is 0.329 e. The Bertz CT molecular complexity index is 1150. The summed E-state index contributed by atoms with van der Waals surface area (Å²) in [6.45, 7) is 0. The molecule has 14 nitrogen and oxygen atoms in total. The summed E-state index contributed by atoms with van der Waals surface area (Å²) in [4.78, 5) is 72.8. The van der Waals surface area contributed by atoms with Gasteiger partial charge in [0, 0.05) is 12.1 Å². The first-order chi connectivity index (χ1) is 15.7. The van der Waals surface area contributed by atoms with Gasteiger partial charge in [0.05, 0.1) is 33.1 Å². The van der Waals surface area contributed by atoms with Crippen LogP contribution in [0, 0.1) is 25.6 Å². The van der Waals surface area contributed by atoms with Crippen LogP contribution in [0.3, 0.4) is 0 Å². The molecule has 33 heavy (non-hydrogen) atoms. The summed E-state index contributed by atoms with van der Waals surface area (Å²) in [6, 6.07) is 4.79. The number of carbonyl (C=O) groups excluding carboxylic acids is 4. The van der Waals surface area contributed by atoms with Crippen LogP contribution in [0.5, 0.6) is 0 Å². The molecular formula is C19H14N6O8. The molecule has 168 valence electrons. The minimum absolute atomic E-state index is 0.208. The second kappa shape index (κ2) is 7.67. The number of para-hydroxylation sites is 2. The van der Waals surface area contributed by atoms with Crippen molar-refractivity contribution in [3.05, 3.63) is 79.9 Å². The third-order valence-electron chi connectivity index (χ3n) is 5.56. The van der Waals surface area contributed by atoms with E-state index in [1.807, 2.05) is 10.6 Å². The summed E-state index contributed by atoms with van der Waals surface area (Å²) < 4.78 is 0. The van der Waals surface area contributed by atoms with Gasteiger partial charge in [-0.15, -0.1) is 0 Å². The van der Waals surface area contributed by atoms with E-state index in [0.29, 0.717) is 0 Å². The molecule has 2 atom stereocenters. The molecule has 2 aliphatic rings. The number of hydrogen-bond donors (Lipinski definition) is 4. The molecule has 4 N–H and O–H groups in total. The number of carbonyl (C=O) groups is 4. The Morgan fingerprint density at radius 3 is 1.45 bits per heavy atom. The van der Waals surface area contributed by atoms with Crippen LogP contribution in [0.25, 0.3) is 0 Å². The van der Waals surface area contributed by atoms with Gasteiger partial charge in [0.25, 0.3) is 11.4 Å². The molecule has 2 heterocycles. The van der Waals surface area contributed by atoms with Gasteiger partial charge < -0.3 is 10.6 Å². The molecular weight excluding hydrogens is 440 g/mol. The minimum Gasteiger partial charge on any atom is -0.329 e. The molecule has 0 aromatic heterocycles. The quantitative estimate of drug-likeness (QED) is 0.297. The zero-order chi connectivity index (χ0) is 23.9. The Balaban J connectivity index is 2.04. The number of nitrogens with zero attached hydrogens (tertiary/aromatic N) is 2. The first kappa shape index (κ1) is 21.4. The number of barbiturate groups is 1. The van der Waals surface area contributed by atoms with E-state index in [1.165, 1.54) is 36.4 Å². The summed E-state index contributed by atoms with van der Waals surface area (Å²) in [6.07, 6.45) is 0. The van der Waals surface area contributed by atoms with Crippen LogP contribution in [0.1, 0.15) is 23.2 Å². The second-order valence-corrected chi connectivity index (χ2v) is 7.22. The summed E-state index contributed by atoms with van der Waals surface area (Å²) in [5.74, 6) is -2.40. The van der Waals surface area contributed by atoms with Crippen LogP contribution in [-0.4, -0.2) is 33.7 Å². The molecule has 2 saturated heterocycles. The molecule has 0 saturated carbocycles. The number of nitro groups is 2. The highest BCUT2D eigenvalue weighted by atomic mass is 16.6. The van der Waals surface area contributed by atoms with E-state index < -0.39 is 62.6 Å². The van der Waals surface area contributed by atoms with Gasteiger partial charge in [-0.05, 0) is 0 Å². The molecule has 0 bridgehead atoms. The highest BCUT2D eigenvalue weighted by Gasteiger charge is 2.66. The van der Waals surface area contributed by atoms with Gasteiger partial charge in [0.1, 0.15) is 0 Å². The molecule has 1 spiro atoms. The molecule has 0 radical (unpaired) electrons. The average Bonchev–Trinajstić information content (AvgIpc) is 2.77. The fourth-order valence-corrected chi connectivity index (χ4v) is 4.21. The topological polar surface area (TPSA) is 203 Å². The van der Waals surface area contributed by atoms with Crippen molar-refractivity contribution < 1.29 is 29.0 Å². The summed E-state index contributed by atoms with van der Waals surface area (Å²) in [7, 11) is 0. The molecule has 2 aliphatic heterocycles. The van der Waals surface area contributed by atoms with E-state index in [-0.39, 0.29) is 11.1 Å². The number of amides is 6. The zero-order valence-electron chi connectivity index (χ0n) is 16.4. The van der Waals surface area contributed by atoms with Crippen molar-refractivity contribution in [2.24, 2.45) is 5.41 Å². The standard InChI is InChI=1S/C19H14N6O8/c26-15-19(16(27)23-18(29)22-15)13(9-5-1-3-7-11(9)24(30)31)20-17(28)21-14(19)10-6-2-4-8-12(10)25(32)33/h1-8,13-14H,(H2,20,21,28)(H2,22,23,26,27,29)/t13-,14-/m1/s1. The number of benzene rings is 2. The average molecular weight is 454 g/mol. The number of imide groups is 2. The molecule has 0 unspecified atom stereocenters. The van der Waals surface area contributed by atoms with E-state index in [1.54, 1.807) is 0 Å². The summed E-state index contributed by atoms with van der Waals surface area (Å²) in [5.41, 5.74) is -3.88. The Labute approximate surface area is 183 Å². The van der Waals surface area contributed by atoms with Crippen molar-refractivity contribution in [2.45, 2.75) is 12.1 Å². The molecule has 0 aliphatic carbocycles. The minimum atomic E-state index is -2.44. The maximum atomic E-state index is 13.3. The predicted octanol–water partition coefficient (Wildman–Crippen LogP) is 0.951. The molecule has 4 rings (SSSR count). The van der Waals surface area contributed by atoms with Crippen molar-refractivity contribution >= 4 is 35.3 Å².